The molecular weight excluding hydrogens is 298 g/mol. The Bertz CT molecular complexity index is 814. The van der Waals surface area contributed by atoms with Gasteiger partial charge in [0.05, 0.1) is 24.4 Å². The summed E-state index contributed by atoms with van der Waals surface area (Å²) in [6.45, 7) is 2.43. The number of rotatable bonds is 5. The molecule has 1 aromatic heterocycles. The van der Waals surface area contributed by atoms with Gasteiger partial charge in [0.25, 0.3) is 0 Å². The van der Waals surface area contributed by atoms with Crippen molar-refractivity contribution < 1.29 is 4.79 Å². The van der Waals surface area contributed by atoms with Crippen molar-refractivity contribution in [3.63, 3.8) is 0 Å². The Balaban J connectivity index is 1.60. The van der Waals surface area contributed by atoms with E-state index in [0.29, 0.717) is 13.0 Å². The van der Waals surface area contributed by atoms with E-state index in [1.807, 2.05) is 67.6 Å². The van der Waals surface area contributed by atoms with Gasteiger partial charge in [-0.3, -0.25) is 4.79 Å². The fraction of sp³-hybridized carbons (Fsp3) is 0.150. The smallest absolute Gasteiger partial charge is 0.224 e. The first-order valence-corrected chi connectivity index (χ1v) is 7.89. The molecule has 2 aromatic carbocycles. The molecule has 0 saturated carbocycles. The Morgan fingerprint density at radius 3 is 2.50 bits per heavy atom. The predicted molar refractivity (Wildman–Crippen MR) is 94.2 cm³/mol. The molecule has 0 bridgehead atoms. The van der Waals surface area contributed by atoms with Crippen LogP contribution in [0, 0.1) is 6.92 Å². The number of hydrogen-bond donors (Lipinski definition) is 1. The number of carbonyl (C=O) groups is 1. The van der Waals surface area contributed by atoms with Crippen molar-refractivity contribution in [1.29, 1.82) is 0 Å². The van der Waals surface area contributed by atoms with Gasteiger partial charge in [0.1, 0.15) is 6.33 Å². The molecule has 1 amide bonds. The maximum Gasteiger partial charge on any atom is 0.224 e. The van der Waals surface area contributed by atoms with Crippen LogP contribution in [0.25, 0.3) is 11.3 Å². The first-order chi connectivity index (χ1) is 11.7. The Kier molecular flexibility index (Phi) is 4.96. The molecule has 0 unspecified atom stereocenters. The highest BCUT2D eigenvalue weighted by Gasteiger charge is 2.05. The molecule has 120 valence electrons. The van der Waals surface area contributed by atoms with Gasteiger partial charge in [0.15, 0.2) is 0 Å². The molecule has 4 heteroatoms. The van der Waals surface area contributed by atoms with Gasteiger partial charge in [0, 0.05) is 5.56 Å². The monoisotopic (exact) mass is 317 g/mol. The summed E-state index contributed by atoms with van der Waals surface area (Å²) in [6, 6.07) is 19.8. The van der Waals surface area contributed by atoms with Crippen molar-refractivity contribution >= 4 is 5.91 Å². The number of amides is 1. The quantitative estimate of drug-likeness (QED) is 0.785. The minimum Gasteiger partial charge on any atom is -0.350 e. The van der Waals surface area contributed by atoms with Crippen molar-refractivity contribution in [3.05, 3.63) is 83.8 Å². The van der Waals surface area contributed by atoms with Crippen LogP contribution in [0.3, 0.4) is 0 Å². The molecule has 3 rings (SSSR count). The molecule has 0 aliphatic rings. The number of hydrogen-bond acceptors (Lipinski definition) is 3. The molecular formula is C20H19N3O. The van der Waals surface area contributed by atoms with Gasteiger partial charge in [-0.25, -0.2) is 9.97 Å². The Labute approximate surface area is 141 Å². The van der Waals surface area contributed by atoms with Gasteiger partial charge >= 0.3 is 0 Å². The Morgan fingerprint density at radius 2 is 1.75 bits per heavy atom. The molecule has 4 nitrogen and oxygen atoms in total. The van der Waals surface area contributed by atoms with Crippen molar-refractivity contribution in [2.75, 3.05) is 0 Å². The minimum atomic E-state index is -0.0151. The molecule has 3 aromatic rings. The number of nitrogens with zero attached hydrogens (tertiary/aromatic N) is 2. The molecule has 0 aliphatic carbocycles. The summed E-state index contributed by atoms with van der Waals surface area (Å²) in [5, 5.41) is 2.91. The third-order valence-electron chi connectivity index (χ3n) is 3.75. The lowest BCUT2D eigenvalue weighted by Gasteiger charge is -2.07. The highest BCUT2D eigenvalue weighted by atomic mass is 16.1. The molecule has 24 heavy (non-hydrogen) atoms. The van der Waals surface area contributed by atoms with E-state index in [0.717, 1.165) is 22.5 Å². The normalized spacial score (nSPS) is 10.4. The Morgan fingerprint density at radius 1 is 1.00 bits per heavy atom. The second-order valence-electron chi connectivity index (χ2n) is 5.70. The average molecular weight is 317 g/mol. The van der Waals surface area contributed by atoms with Gasteiger partial charge in [-0.1, -0.05) is 60.2 Å². The summed E-state index contributed by atoms with van der Waals surface area (Å²) in [5.74, 6) is -0.0151. The summed E-state index contributed by atoms with van der Waals surface area (Å²) >= 11 is 0. The van der Waals surface area contributed by atoms with Crippen LogP contribution in [-0.2, 0) is 17.8 Å². The van der Waals surface area contributed by atoms with Gasteiger partial charge < -0.3 is 5.32 Å². The molecule has 0 radical (unpaired) electrons. The SMILES string of the molecule is Cc1ccc(CC(=O)NCc2cc(-c3ccccc3)ncn2)cc1. The van der Waals surface area contributed by atoms with E-state index < -0.39 is 0 Å². The zero-order valence-corrected chi connectivity index (χ0v) is 13.6. The largest absolute Gasteiger partial charge is 0.350 e. The fourth-order valence-electron chi connectivity index (χ4n) is 2.40. The van der Waals surface area contributed by atoms with Crippen molar-refractivity contribution in [1.82, 2.24) is 15.3 Å². The highest BCUT2D eigenvalue weighted by molar-refractivity contribution is 5.78. The van der Waals surface area contributed by atoms with Crippen LogP contribution in [0.1, 0.15) is 16.8 Å². The van der Waals surface area contributed by atoms with Crippen LogP contribution >= 0.6 is 0 Å². The molecule has 0 saturated heterocycles. The Hall–Kier alpha value is -3.01. The fourth-order valence-corrected chi connectivity index (χ4v) is 2.40. The van der Waals surface area contributed by atoms with E-state index in [-0.39, 0.29) is 5.91 Å². The average Bonchev–Trinajstić information content (AvgIpc) is 2.63. The third kappa shape index (κ3) is 4.26. The van der Waals surface area contributed by atoms with E-state index >= 15 is 0 Å². The predicted octanol–water partition coefficient (Wildman–Crippen LogP) is 3.31. The second kappa shape index (κ2) is 7.51. The maximum absolute atomic E-state index is 12.1. The second-order valence-corrected chi connectivity index (χ2v) is 5.70. The molecule has 0 atom stereocenters. The van der Waals surface area contributed by atoms with E-state index in [9.17, 15) is 4.79 Å². The summed E-state index contributed by atoms with van der Waals surface area (Å²) in [6.07, 6.45) is 1.90. The third-order valence-corrected chi connectivity index (χ3v) is 3.75. The minimum absolute atomic E-state index is 0.0151. The summed E-state index contributed by atoms with van der Waals surface area (Å²) in [5.41, 5.74) is 4.88. The van der Waals surface area contributed by atoms with Crippen molar-refractivity contribution in [3.8, 4) is 11.3 Å². The van der Waals surface area contributed by atoms with Crippen molar-refractivity contribution in [2.24, 2.45) is 0 Å². The number of nitrogens with one attached hydrogen (secondary N) is 1. The number of aromatic nitrogens is 2. The summed E-state index contributed by atoms with van der Waals surface area (Å²) < 4.78 is 0. The van der Waals surface area contributed by atoms with Crippen molar-refractivity contribution in [2.45, 2.75) is 19.9 Å². The van der Waals surface area contributed by atoms with Crippen LogP contribution < -0.4 is 5.32 Å². The molecule has 0 spiro atoms. The molecule has 0 aliphatic heterocycles. The van der Waals surface area contributed by atoms with Crippen LogP contribution in [0.15, 0.2) is 67.0 Å². The first kappa shape index (κ1) is 15.9. The number of aryl methyl sites for hydroxylation is 1. The van der Waals surface area contributed by atoms with E-state index in [4.69, 9.17) is 0 Å². The maximum atomic E-state index is 12.1. The summed E-state index contributed by atoms with van der Waals surface area (Å²) in [7, 11) is 0. The number of benzene rings is 2. The van der Waals surface area contributed by atoms with E-state index in [2.05, 4.69) is 15.3 Å². The highest BCUT2D eigenvalue weighted by Crippen LogP contribution is 2.16. The molecule has 1 heterocycles. The topological polar surface area (TPSA) is 54.9 Å². The first-order valence-electron chi connectivity index (χ1n) is 7.89. The molecule has 0 fully saturated rings. The zero-order chi connectivity index (χ0) is 16.8. The van der Waals surface area contributed by atoms with Gasteiger partial charge in [0.2, 0.25) is 5.91 Å². The van der Waals surface area contributed by atoms with Gasteiger partial charge in [-0.15, -0.1) is 0 Å². The van der Waals surface area contributed by atoms with Crippen LogP contribution in [0.5, 0.6) is 0 Å². The van der Waals surface area contributed by atoms with Gasteiger partial charge in [-0.05, 0) is 18.6 Å². The standard InChI is InChI=1S/C20H19N3O/c1-15-7-9-16(10-8-15)11-20(24)21-13-18-12-19(23-14-22-18)17-5-3-2-4-6-17/h2-10,12,14H,11,13H2,1H3,(H,21,24). The van der Waals surface area contributed by atoms with E-state index in [1.54, 1.807) is 0 Å². The van der Waals surface area contributed by atoms with E-state index in [1.165, 1.54) is 11.9 Å². The van der Waals surface area contributed by atoms with Crippen LogP contribution in [0.2, 0.25) is 0 Å². The zero-order valence-electron chi connectivity index (χ0n) is 13.6. The van der Waals surface area contributed by atoms with Crippen LogP contribution in [-0.4, -0.2) is 15.9 Å². The lowest BCUT2D eigenvalue weighted by Crippen LogP contribution is -2.25. The molecule has 1 N–H and O–H groups in total. The van der Waals surface area contributed by atoms with Crippen LogP contribution in [0.4, 0.5) is 0 Å². The summed E-state index contributed by atoms with van der Waals surface area (Å²) in [4.78, 5) is 20.6. The number of carbonyl (C=O) groups excluding carboxylic acids is 1. The van der Waals surface area contributed by atoms with Gasteiger partial charge in [-0.2, -0.15) is 0 Å². The lowest BCUT2D eigenvalue weighted by molar-refractivity contribution is -0.120. The lowest BCUT2D eigenvalue weighted by atomic mass is 10.1.